The molecule has 1 fully saturated rings. The van der Waals surface area contributed by atoms with Crippen LogP contribution in [-0.2, 0) is 4.79 Å². The Balaban J connectivity index is 1.69. The number of halogens is 2. The topological polar surface area (TPSA) is 61.8 Å². The number of aliphatic carboxylic acids is 1. The first kappa shape index (κ1) is 19.3. The molecule has 0 aromatic heterocycles. The number of nitrogens with one attached hydrogen (secondary N) is 1. The normalized spacial score (nSPS) is 21.4. The monoisotopic (exact) mass is 374 g/mol. The van der Waals surface area contributed by atoms with E-state index in [1.807, 2.05) is 11.8 Å². The largest absolute Gasteiger partial charge is 0.492 e. The molecule has 0 amide bonds. The van der Waals surface area contributed by atoms with Crippen LogP contribution in [0.2, 0.25) is 10.0 Å². The van der Waals surface area contributed by atoms with E-state index < -0.39 is 5.97 Å². The fraction of sp³-hybridized carbons (Fsp3) is 0.588. The summed E-state index contributed by atoms with van der Waals surface area (Å²) >= 11 is 11.8. The average molecular weight is 375 g/mol. The zero-order valence-electron chi connectivity index (χ0n) is 14.0. The lowest BCUT2D eigenvalue weighted by Gasteiger charge is -2.43. The molecule has 2 N–H and O–H groups in total. The van der Waals surface area contributed by atoms with E-state index in [-0.39, 0.29) is 12.6 Å². The smallest absolute Gasteiger partial charge is 0.317 e. The fourth-order valence-corrected chi connectivity index (χ4v) is 3.22. The lowest BCUT2D eigenvalue weighted by atomic mass is 9.85. The molecule has 2 rings (SSSR count). The number of hydrogen-bond acceptors (Lipinski definition) is 4. The molecule has 7 heteroatoms. The van der Waals surface area contributed by atoms with Crippen molar-refractivity contribution in [1.82, 2.24) is 10.2 Å². The number of ether oxygens (including phenoxy) is 1. The van der Waals surface area contributed by atoms with E-state index in [0.29, 0.717) is 34.5 Å². The molecular formula is C17H24Cl2N2O3. The Kier molecular flexibility index (Phi) is 7.16. The van der Waals surface area contributed by atoms with Crippen molar-refractivity contribution in [2.75, 3.05) is 19.7 Å². The van der Waals surface area contributed by atoms with Gasteiger partial charge in [-0.3, -0.25) is 9.69 Å². The van der Waals surface area contributed by atoms with Gasteiger partial charge in [-0.2, -0.15) is 0 Å². The van der Waals surface area contributed by atoms with Crippen LogP contribution in [0.4, 0.5) is 0 Å². The first-order valence-corrected chi connectivity index (χ1v) is 8.94. The number of carboxylic acids is 1. The molecular weight excluding hydrogens is 351 g/mol. The Hall–Kier alpha value is -1.01. The Morgan fingerprint density at radius 2 is 2.12 bits per heavy atom. The summed E-state index contributed by atoms with van der Waals surface area (Å²) in [4.78, 5) is 12.9. The third-order valence-electron chi connectivity index (χ3n) is 4.29. The summed E-state index contributed by atoms with van der Waals surface area (Å²) in [5.41, 5.74) is 0. The molecule has 0 bridgehead atoms. The molecule has 0 radical (unpaired) electrons. The van der Waals surface area contributed by atoms with Crippen LogP contribution < -0.4 is 10.1 Å². The van der Waals surface area contributed by atoms with Gasteiger partial charge < -0.3 is 15.2 Å². The van der Waals surface area contributed by atoms with Crippen LogP contribution in [0.1, 0.15) is 26.7 Å². The van der Waals surface area contributed by atoms with Crippen LogP contribution in [-0.4, -0.2) is 53.8 Å². The summed E-state index contributed by atoms with van der Waals surface area (Å²) < 4.78 is 5.73. The van der Waals surface area contributed by atoms with Crippen LogP contribution in [0.15, 0.2) is 18.2 Å². The maximum absolute atomic E-state index is 10.8. The Morgan fingerprint density at radius 3 is 2.71 bits per heavy atom. The van der Waals surface area contributed by atoms with Gasteiger partial charge in [0.2, 0.25) is 0 Å². The second kappa shape index (κ2) is 8.90. The zero-order valence-corrected chi connectivity index (χ0v) is 15.5. The minimum atomic E-state index is -0.767. The molecule has 134 valence electrons. The highest BCUT2D eigenvalue weighted by Gasteiger charge is 2.34. The minimum absolute atomic E-state index is 0.115. The molecule has 0 heterocycles. The number of carbonyl (C=O) groups is 1. The fourth-order valence-electron chi connectivity index (χ4n) is 2.93. The molecule has 1 aromatic carbocycles. The molecule has 1 aliphatic carbocycles. The molecule has 1 saturated carbocycles. The molecule has 0 spiro atoms. The van der Waals surface area contributed by atoms with Gasteiger partial charge in [0.1, 0.15) is 12.4 Å². The molecule has 1 aromatic rings. The number of nitrogens with zero attached hydrogens (tertiary/aromatic N) is 1. The third-order valence-corrected chi connectivity index (χ3v) is 5.02. The highest BCUT2D eigenvalue weighted by molar-refractivity contribution is 6.42. The van der Waals surface area contributed by atoms with Crippen molar-refractivity contribution >= 4 is 29.2 Å². The first-order chi connectivity index (χ1) is 11.4. The second-order valence-electron chi connectivity index (χ2n) is 6.23. The van der Waals surface area contributed by atoms with Gasteiger partial charge in [-0.15, -0.1) is 0 Å². The Labute approximate surface area is 152 Å². The second-order valence-corrected chi connectivity index (χ2v) is 7.05. The highest BCUT2D eigenvalue weighted by Crippen LogP contribution is 2.27. The zero-order chi connectivity index (χ0) is 17.7. The summed E-state index contributed by atoms with van der Waals surface area (Å²) in [5.74, 6) is -0.0696. The van der Waals surface area contributed by atoms with E-state index in [4.69, 9.17) is 33.0 Å². The molecule has 1 atom stereocenters. The Bertz CT molecular complexity index is 565. The maximum atomic E-state index is 10.8. The van der Waals surface area contributed by atoms with Gasteiger partial charge in [0.15, 0.2) is 0 Å². The van der Waals surface area contributed by atoms with Gasteiger partial charge in [0.05, 0.1) is 16.6 Å². The predicted molar refractivity (Wildman–Crippen MR) is 96.2 cm³/mol. The van der Waals surface area contributed by atoms with Crippen molar-refractivity contribution in [1.29, 1.82) is 0 Å². The van der Waals surface area contributed by atoms with Gasteiger partial charge >= 0.3 is 5.97 Å². The van der Waals surface area contributed by atoms with Gasteiger partial charge in [-0.1, -0.05) is 30.1 Å². The maximum Gasteiger partial charge on any atom is 0.317 e. The van der Waals surface area contributed by atoms with Crippen LogP contribution >= 0.6 is 23.2 Å². The van der Waals surface area contributed by atoms with Crippen LogP contribution in [0.5, 0.6) is 5.75 Å². The summed E-state index contributed by atoms with van der Waals surface area (Å²) in [6.07, 6.45) is 1.94. The van der Waals surface area contributed by atoms with E-state index in [9.17, 15) is 4.79 Å². The number of hydrogen-bond donors (Lipinski definition) is 2. The number of likely N-dealkylation sites (N-methyl/N-ethyl adjacent to an activating group) is 1. The third kappa shape index (κ3) is 5.52. The van der Waals surface area contributed by atoms with Crippen molar-refractivity contribution in [3.05, 3.63) is 28.2 Å². The van der Waals surface area contributed by atoms with Crippen molar-refractivity contribution in [3.8, 4) is 5.75 Å². The quantitative estimate of drug-likeness (QED) is 0.694. The van der Waals surface area contributed by atoms with Crippen LogP contribution in [0, 0.1) is 0 Å². The average Bonchev–Trinajstić information content (AvgIpc) is 2.49. The van der Waals surface area contributed by atoms with E-state index >= 15 is 0 Å². The molecule has 5 nitrogen and oxygen atoms in total. The molecule has 1 aliphatic rings. The van der Waals surface area contributed by atoms with Crippen molar-refractivity contribution in [2.24, 2.45) is 0 Å². The summed E-state index contributed by atoms with van der Waals surface area (Å²) in [5, 5.41) is 13.4. The van der Waals surface area contributed by atoms with Gasteiger partial charge in [-0.05, 0) is 38.4 Å². The number of carboxylic acid groups (broad SMARTS) is 1. The summed E-state index contributed by atoms with van der Waals surface area (Å²) in [6, 6.07) is 6.18. The highest BCUT2D eigenvalue weighted by atomic mass is 35.5. The Morgan fingerprint density at radius 1 is 1.42 bits per heavy atom. The number of benzene rings is 1. The standard InChI is InChI=1S/C17H24Cl2N2O3/c1-3-21(9-17(22)23)13-6-12(7-13)20-11(2)10-24-14-4-5-15(18)16(19)8-14/h4-5,8,11-13,20H,3,6-7,9-10H2,1-2H3,(H,22,23). The molecule has 0 saturated heterocycles. The summed E-state index contributed by atoms with van der Waals surface area (Å²) in [6.45, 7) is 5.48. The van der Waals surface area contributed by atoms with E-state index in [2.05, 4.69) is 12.2 Å². The lowest BCUT2D eigenvalue weighted by Crippen LogP contribution is -2.55. The van der Waals surface area contributed by atoms with Gasteiger partial charge in [0.25, 0.3) is 0 Å². The predicted octanol–water partition coefficient (Wildman–Crippen LogP) is 3.29. The summed E-state index contributed by atoms with van der Waals surface area (Å²) in [7, 11) is 0. The first-order valence-electron chi connectivity index (χ1n) is 8.18. The van der Waals surface area contributed by atoms with Crippen molar-refractivity contribution < 1.29 is 14.6 Å². The molecule has 1 unspecified atom stereocenters. The SMILES string of the molecule is CCN(CC(=O)O)C1CC(NC(C)COc2ccc(Cl)c(Cl)c2)C1. The van der Waals surface area contributed by atoms with E-state index in [1.165, 1.54) is 0 Å². The van der Waals surface area contributed by atoms with Crippen LogP contribution in [0.3, 0.4) is 0 Å². The molecule has 0 aliphatic heterocycles. The number of rotatable bonds is 9. The molecule has 24 heavy (non-hydrogen) atoms. The van der Waals surface area contributed by atoms with Crippen molar-refractivity contribution in [2.45, 2.75) is 44.8 Å². The van der Waals surface area contributed by atoms with Gasteiger partial charge in [-0.25, -0.2) is 0 Å². The van der Waals surface area contributed by atoms with Gasteiger partial charge in [0, 0.05) is 24.2 Å². The minimum Gasteiger partial charge on any atom is -0.492 e. The lowest BCUT2D eigenvalue weighted by molar-refractivity contribution is -0.139. The van der Waals surface area contributed by atoms with Crippen LogP contribution in [0.25, 0.3) is 0 Å². The van der Waals surface area contributed by atoms with E-state index in [0.717, 1.165) is 19.4 Å². The van der Waals surface area contributed by atoms with Crippen molar-refractivity contribution in [3.63, 3.8) is 0 Å². The van der Waals surface area contributed by atoms with E-state index in [1.54, 1.807) is 18.2 Å².